The van der Waals surface area contributed by atoms with Crippen molar-refractivity contribution in [2.24, 2.45) is 33.7 Å². The molecule has 9 nitrogen and oxygen atoms in total. The second kappa shape index (κ2) is 8.96. The first kappa shape index (κ1) is 25.6. The van der Waals surface area contributed by atoms with Crippen LogP contribution in [0.4, 0.5) is 0 Å². The third-order valence-electron chi connectivity index (χ3n) is 11.0. The van der Waals surface area contributed by atoms with Crippen molar-refractivity contribution in [2.45, 2.75) is 82.0 Å². The zero-order chi connectivity index (χ0) is 26.8. The van der Waals surface area contributed by atoms with Gasteiger partial charge in [-0.15, -0.1) is 0 Å². The number of nitrogens with one attached hydrogen (secondary N) is 1. The number of cyclic esters (lactones) is 1. The minimum absolute atomic E-state index is 0.0555. The first-order valence-corrected chi connectivity index (χ1v) is 13.9. The van der Waals surface area contributed by atoms with E-state index in [1.54, 1.807) is 30.6 Å². The van der Waals surface area contributed by atoms with Crippen LogP contribution < -0.4 is 5.43 Å². The molecule has 0 aromatic carbocycles. The zero-order valence-corrected chi connectivity index (χ0v) is 21.8. The van der Waals surface area contributed by atoms with E-state index in [0.29, 0.717) is 44.3 Å². The van der Waals surface area contributed by atoms with Crippen molar-refractivity contribution >= 4 is 18.1 Å². The Kier molecular flexibility index (Phi) is 6.05. The van der Waals surface area contributed by atoms with Crippen molar-refractivity contribution in [3.63, 3.8) is 0 Å². The molecule has 1 aromatic heterocycles. The number of hydrazone groups is 1. The second-order valence-electron chi connectivity index (χ2n) is 12.5. The summed E-state index contributed by atoms with van der Waals surface area (Å²) >= 11 is 0. The molecule has 4 aliphatic carbocycles. The number of nitrogens with zero attached hydrogens (tertiary/aromatic N) is 2. The van der Waals surface area contributed by atoms with E-state index in [0.717, 1.165) is 24.8 Å². The number of hydrogen-bond acceptors (Lipinski definition) is 8. The van der Waals surface area contributed by atoms with Crippen LogP contribution in [0.15, 0.2) is 41.3 Å². The Balaban J connectivity index is 1.33. The number of fused-ring (bicyclic) bond motifs is 5. The topological polar surface area (TPSA) is 141 Å². The molecule has 1 amide bonds. The first-order valence-electron chi connectivity index (χ1n) is 13.9. The van der Waals surface area contributed by atoms with E-state index in [9.17, 15) is 24.9 Å². The van der Waals surface area contributed by atoms with Gasteiger partial charge in [0.2, 0.25) is 0 Å². The van der Waals surface area contributed by atoms with Crippen molar-refractivity contribution in [1.82, 2.24) is 10.4 Å². The molecule has 4 N–H and O–H groups in total. The van der Waals surface area contributed by atoms with Crippen molar-refractivity contribution in [3.05, 3.63) is 41.7 Å². The SMILES string of the molecule is CC12CC[C@H]3[C@@H](CCC4(O)C[C@H](O)CCC34C=NNC(=O)c3cccnc3)C1(O)CCC2C1=CC(=O)OC1. The molecule has 5 unspecified atom stereocenters. The number of aromatic nitrogens is 1. The molecule has 204 valence electrons. The number of aliphatic hydroxyl groups excluding tert-OH is 1. The van der Waals surface area contributed by atoms with Gasteiger partial charge in [-0.05, 0) is 86.8 Å². The molecule has 2 heterocycles. The Morgan fingerprint density at radius 1 is 1.16 bits per heavy atom. The van der Waals surface area contributed by atoms with Gasteiger partial charge >= 0.3 is 5.97 Å². The van der Waals surface area contributed by atoms with Crippen LogP contribution in [0.3, 0.4) is 0 Å². The molecule has 0 spiro atoms. The van der Waals surface area contributed by atoms with E-state index < -0.39 is 28.1 Å². The number of pyridine rings is 1. The van der Waals surface area contributed by atoms with Crippen LogP contribution in [0.25, 0.3) is 0 Å². The predicted octanol–water partition coefficient (Wildman–Crippen LogP) is 2.51. The van der Waals surface area contributed by atoms with Gasteiger partial charge in [-0.2, -0.15) is 5.10 Å². The van der Waals surface area contributed by atoms with Crippen LogP contribution in [-0.2, 0) is 9.53 Å². The van der Waals surface area contributed by atoms with Gasteiger partial charge < -0.3 is 20.1 Å². The molecule has 0 bridgehead atoms. The Bertz CT molecular complexity index is 1190. The highest BCUT2D eigenvalue weighted by molar-refractivity contribution is 5.94. The van der Waals surface area contributed by atoms with E-state index in [4.69, 9.17) is 4.74 Å². The van der Waals surface area contributed by atoms with Gasteiger partial charge in [0.25, 0.3) is 5.91 Å². The monoisotopic (exact) mass is 523 g/mol. The normalized spacial score (nSPS) is 44.1. The minimum atomic E-state index is -1.18. The minimum Gasteiger partial charge on any atom is -0.458 e. The maximum absolute atomic E-state index is 12.6. The Hall–Kier alpha value is -2.62. The molecular weight excluding hydrogens is 486 g/mol. The molecule has 4 saturated carbocycles. The molecule has 9 heteroatoms. The quantitative estimate of drug-likeness (QED) is 0.270. The van der Waals surface area contributed by atoms with Crippen molar-refractivity contribution in [2.75, 3.05) is 6.61 Å². The summed E-state index contributed by atoms with van der Waals surface area (Å²) in [4.78, 5) is 28.5. The number of amides is 1. The Morgan fingerprint density at radius 2 is 1.97 bits per heavy atom. The molecule has 1 aliphatic heterocycles. The van der Waals surface area contributed by atoms with Gasteiger partial charge in [-0.3, -0.25) is 9.78 Å². The molecule has 4 fully saturated rings. The number of carbonyl (C=O) groups excluding carboxylic acids is 2. The third-order valence-corrected chi connectivity index (χ3v) is 11.0. The zero-order valence-electron chi connectivity index (χ0n) is 21.8. The van der Waals surface area contributed by atoms with E-state index >= 15 is 0 Å². The van der Waals surface area contributed by atoms with Gasteiger partial charge in [0.05, 0.1) is 22.9 Å². The molecular formula is C29H37N3O6. The third kappa shape index (κ3) is 3.62. The summed E-state index contributed by atoms with van der Waals surface area (Å²) in [5.74, 6) is -0.731. The number of rotatable bonds is 4. The first-order chi connectivity index (χ1) is 18.1. The van der Waals surface area contributed by atoms with Gasteiger partial charge in [0.1, 0.15) is 6.61 Å². The van der Waals surface area contributed by atoms with Crippen LogP contribution in [0.2, 0.25) is 0 Å². The smallest absolute Gasteiger partial charge is 0.331 e. The van der Waals surface area contributed by atoms with E-state index in [2.05, 4.69) is 22.4 Å². The molecule has 38 heavy (non-hydrogen) atoms. The average molecular weight is 524 g/mol. The fourth-order valence-electron chi connectivity index (χ4n) is 9.13. The number of hydrogen-bond donors (Lipinski definition) is 4. The van der Waals surface area contributed by atoms with Crippen molar-refractivity contribution in [1.29, 1.82) is 0 Å². The molecule has 8 atom stereocenters. The molecule has 1 aromatic rings. The highest BCUT2D eigenvalue weighted by atomic mass is 16.5. The predicted molar refractivity (Wildman–Crippen MR) is 138 cm³/mol. The summed E-state index contributed by atoms with van der Waals surface area (Å²) in [7, 11) is 0. The van der Waals surface area contributed by atoms with Gasteiger partial charge in [-0.25, -0.2) is 10.2 Å². The number of esters is 1. The van der Waals surface area contributed by atoms with E-state index in [-0.39, 0.29) is 36.1 Å². The summed E-state index contributed by atoms with van der Waals surface area (Å²) in [5.41, 5.74) is 0.674. The Morgan fingerprint density at radius 3 is 2.71 bits per heavy atom. The Labute approximate surface area is 222 Å². The summed E-state index contributed by atoms with van der Waals surface area (Å²) in [5, 5.41) is 39.4. The maximum Gasteiger partial charge on any atom is 0.331 e. The number of aliphatic hydroxyl groups is 3. The number of carbonyl (C=O) groups is 2. The maximum atomic E-state index is 12.6. The van der Waals surface area contributed by atoms with Gasteiger partial charge in [-0.1, -0.05) is 6.92 Å². The lowest BCUT2D eigenvalue weighted by Gasteiger charge is -2.65. The molecule has 0 radical (unpaired) electrons. The van der Waals surface area contributed by atoms with E-state index in [1.165, 1.54) is 6.20 Å². The fourth-order valence-corrected chi connectivity index (χ4v) is 9.13. The van der Waals surface area contributed by atoms with Crippen LogP contribution in [0, 0.1) is 28.6 Å². The van der Waals surface area contributed by atoms with Gasteiger partial charge in [0, 0.05) is 41.9 Å². The highest BCUT2D eigenvalue weighted by Crippen LogP contribution is 2.70. The molecule has 5 aliphatic rings. The second-order valence-corrected chi connectivity index (χ2v) is 12.5. The summed E-state index contributed by atoms with van der Waals surface area (Å²) < 4.78 is 5.22. The van der Waals surface area contributed by atoms with Crippen molar-refractivity contribution < 1.29 is 29.6 Å². The van der Waals surface area contributed by atoms with Crippen LogP contribution >= 0.6 is 0 Å². The van der Waals surface area contributed by atoms with Crippen LogP contribution in [0.5, 0.6) is 0 Å². The summed E-state index contributed by atoms with van der Waals surface area (Å²) in [6.07, 6.45) is 11.2. The van der Waals surface area contributed by atoms with Gasteiger partial charge in [0.15, 0.2) is 0 Å². The summed E-state index contributed by atoms with van der Waals surface area (Å²) in [6, 6.07) is 3.34. The molecule has 0 saturated heterocycles. The fraction of sp³-hybridized carbons (Fsp3) is 0.655. The lowest BCUT2D eigenvalue weighted by molar-refractivity contribution is -0.237. The van der Waals surface area contributed by atoms with Crippen LogP contribution in [-0.4, -0.2) is 62.3 Å². The average Bonchev–Trinajstić information content (AvgIpc) is 3.44. The largest absolute Gasteiger partial charge is 0.458 e. The highest BCUT2D eigenvalue weighted by Gasteiger charge is 2.71. The summed E-state index contributed by atoms with van der Waals surface area (Å²) in [6.45, 7) is 2.46. The van der Waals surface area contributed by atoms with Crippen LogP contribution in [0.1, 0.15) is 75.1 Å². The van der Waals surface area contributed by atoms with E-state index in [1.807, 2.05) is 0 Å². The number of ether oxygens (including phenoxy) is 1. The standard InChI is InChI=1S/C29H37N3O6/c1-26-8-5-22-23(29(26,37)11-7-21(26)19-13-24(34)38-16-19)6-10-28(36)14-20(33)4-9-27(22,28)17-31-32-25(35)18-3-2-12-30-15-18/h2-3,12-13,15,17,20-23,33,36-37H,4-11,14,16H2,1H3,(H,32,35)/t20-,21?,22+,23-,26?,27?,28?,29?/m1/s1. The lowest BCUT2D eigenvalue weighted by atomic mass is 9.41. The lowest BCUT2D eigenvalue weighted by Crippen LogP contribution is -2.68. The van der Waals surface area contributed by atoms with Crippen molar-refractivity contribution in [3.8, 4) is 0 Å². The molecule has 6 rings (SSSR count).